The van der Waals surface area contributed by atoms with Crippen LogP contribution in [0.1, 0.15) is 17.5 Å². The Kier molecular flexibility index (Phi) is 5.65. The van der Waals surface area contributed by atoms with E-state index in [2.05, 4.69) is 5.16 Å². The molecule has 0 saturated heterocycles. The minimum Gasteiger partial charge on any atom is -0.456 e. The van der Waals surface area contributed by atoms with Crippen LogP contribution in [0.2, 0.25) is 0 Å². The second-order valence-corrected chi connectivity index (χ2v) is 4.73. The van der Waals surface area contributed by atoms with Crippen molar-refractivity contribution in [1.82, 2.24) is 0 Å². The van der Waals surface area contributed by atoms with Crippen LogP contribution < -0.4 is 0 Å². The van der Waals surface area contributed by atoms with Crippen molar-refractivity contribution in [3.8, 4) is 0 Å². The van der Waals surface area contributed by atoms with Gasteiger partial charge in [0.25, 0.3) is 0 Å². The molecule has 0 radical (unpaired) electrons. The molecule has 1 N–H and O–H groups in total. The Balaban J connectivity index is 1.85. The van der Waals surface area contributed by atoms with Gasteiger partial charge in [0.15, 0.2) is 5.71 Å². The van der Waals surface area contributed by atoms with Crippen molar-refractivity contribution in [3.63, 3.8) is 0 Å². The lowest BCUT2D eigenvalue weighted by atomic mass is 10.1. The third-order valence-corrected chi connectivity index (χ3v) is 3.13. The number of hydrogen-bond acceptors (Lipinski definition) is 4. The van der Waals surface area contributed by atoms with Crippen molar-refractivity contribution in [1.29, 1.82) is 0 Å². The van der Waals surface area contributed by atoms with E-state index in [-0.39, 0.29) is 24.6 Å². The first kappa shape index (κ1) is 15.7. The topological polar surface area (TPSA) is 58.9 Å². The molecule has 0 aliphatic heterocycles. The molecule has 0 atom stereocenters. The highest BCUT2D eigenvalue weighted by Crippen LogP contribution is 2.08. The van der Waals surface area contributed by atoms with Gasteiger partial charge in [0.1, 0.15) is 12.4 Å². The smallest absolute Gasteiger partial charge is 0.356 e. The highest BCUT2D eigenvalue weighted by molar-refractivity contribution is 6.36. The number of hydrogen-bond donors (Lipinski definition) is 1. The van der Waals surface area contributed by atoms with E-state index in [1.54, 1.807) is 12.1 Å². The third kappa shape index (κ3) is 4.70. The molecule has 2 aromatic carbocycles. The van der Waals surface area contributed by atoms with Crippen molar-refractivity contribution < 1.29 is 19.1 Å². The number of nitrogens with zero attached hydrogens (tertiary/aromatic N) is 1. The molecule has 0 spiro atoms. The summed E-state index contributed by atoms with van der Waals surface area (Å²) < 4.78 is 17.9. The summed E-state index contributed by atoms with van der Waals surface area (Å²) in [5.41, 5.74) is 1.64. The maximum Gasteiger partial charge on any atom is 0.356 e. The molecule has 2 rings (SSSR count). The Morgan fingerprint density at radius 3 is 2.36 bits per heavy atom. The van der Waals surface area contributed by atoms with Crippen LogP contribution in [0.4, 0.5) is 4.39 Å². The number of carbonyl (C=O) groups excluding carboxylic acids is 1. The Bertz CT molecular complexity index is 639. The van der Waals surface area contributed by atoms with Gasteiger partial charge >= 0.3 is 5.97 Å². The number of rotatable bonds is 6. The van der Waals surface area contributed by atoms with Gasteiger partial charge in [0, 0.05) is 6.42 Å². The van der Waals surface area contributed by atoms with E-state index in [1.807, 2.05) is 30.3 Å². The first-order chi connectivity index (χ1) is 10.7. The second-order valence-electron chi connectivity index (χ2n) is 4.73. The van der Waals surface area contributed by atoms with E-state index in [4.69, 9.17) is 9.94 Å². The molecule has 0 aromatic heterocycles. The zero-order valence-corrected chi connectivity index (χ0v) is 11.9. The Hall–Kier alpha value is -2.69. The van der Waals surface area contributed by atoms with Gasteiger partial charge in [-0.15, -0.1) is 0 Å². The molecule has 0 amide bonds. The number of halogens is 1. The fourth-order valence-corrected chi connectivity index (χ4v) is 1.91. The van der Waals surface area contributed by atoms with Crippen LogP contribution in [0.3, 0.4) is 0 Å². The molecule has 114 valence electrons. The zero-order valence-electron chi connectivity index (χ0n) is 11.9. The average molecular weight is 301 g/mol. The maximum atomic E-state index is 12.8. The molecule has 0 aliphatic rings. The molecule has 0 fully saturated rings. The van der Waals surface area contributed by atoms with Gasteiger partial charge in [-0.3, -0.25) is 0 Å². The summed E-state index contributed by atoms with van der Waals surface area (Å²) in [6.45, 7) is 0.120. The van der Waals surface area contributed by atoms with E-state index in [0.717, 1.165) is 11.1 Å². The number of ether oxygens (including phenoxy) is 1. The number of benzene rings is 2. The number of aryl methyl sites for hydroxylation is 1. The van der Waals surface area contributed by atoms with E-state index in [9.17, 15) is 9.18 Å². The molecular formula is C17H16FNO3. The van der Waals surface area contributed by atoms with Crippen LogP contribution >= 0.6 is 0 Å². The molecule has 0 aliphatic carbocycles. The minimum atomic E-state index is -0.659. The van der Waals surface area contributed by atoms with Crippen LogP contribution in [0.5, 0.6) is 0 Å². The predicted molar refractivity (Wildman–Crippen MR) is 80.2 cm³/mol. The Morgan fingerprint density at radius 2 is 1.73 bits per heavy atom. The minimum absolute atomic E-state index is 0.0553. The highest BCUT2D eigenvalue weighted by atomic mass is 19.1. The lowest BCUT2D eigenvalue weighted by Gasteiger charge is -2.06. The summed E-state index contributed by atoms with van der Waals surface area (Å²) in [6, 6.07) is 15.2. The fourth-order valence-electron chi connectivity index (χ4n) is 1.91. The molecule has 0 heterocycles. The monoisotopic (exact) mass is 301 g/mol. The van der Waals surface area contributed by atoms with Crippen molar-refractivity contribution in [2.75, 3.05) is 0 Å². The predicted octanol–water partition coefficient (Wildman–Crippen LogP) is 3.33. The molecule has 0 unspecified atom stereocenters. The lowest BCUT2D eigenvalue weighted by molar-refractivity contribution is -0.137. The average Bonchev–Trinajstić information content (AvgIpc) is 2.56. The molecule has 4 nitrogen and oxygen atoms in total. The molecule has 5 heteroatoms. The van der Waals surface area contributed by atoms with E-state index in [0.29, 0.717) is 6.42 Å². The third-order valence-electron chi connectivity index (χ3n) is 3.13. The van der Waals surface area contributed by atoms with E-state index in [1.165, 1.54) is 12.1 Å². The summed E-state index contributed by atoms with van der Waals surface area (Å²) >= 11 is 0. The van der Waals surface area contributed by atoms with Gasteiger partial charge in [0.05, 0.1) is 0 Å². The first-order valence-corrected chi connectivity index (χ1v) is 6.85. The zero-order chi connectivity index (χ0) is 15.8. The quantitative estimate of drug-likeness (QED) is 0.385. The van der Waals surface area contributed by atoms with E-state index < -0.39 is 5.97 Å². The van der Waals surface area contributed by atoms with Crippen LogP contribution in [0.15, 0.2) is 59.8 Å². The molecule has 22 heavy (non-hydrogen) atoms. The second kappa shape index (κ2) is 7.93. The van der Waals surface area contributed by atoms with E-state index >= 15 is 0 Å². The van der Waals surface area contributed by atoms with Gasteiger partial charge in [-0.2, -0.15) is 0 Å². The van der Waals surface area contributed by atoms with Gasteiger partial charge in [-0.05, 0) is 29.7 Å². The standard InChI is InChI=1S/C17H16FNO3/c18-15-9-6-13(7-10-15)8-11-16(19-21)17(20)22-12-14-4-2-1-3-5-14/h1-7,9-10,21H,8,11-12H2/b19-16-. The number of esters is 1. The summed E-state index contributed by atoms with van der Waals surface area (Å²) in [6.07, 6.45) is 0.676. The summed E-state index contributed by atoms with van der Waals surface area (Å²) in [4.78, 5) is 11.8. The number of oxime groups is 1. The van der Waals surface area contributed by atoms with Crippen LogP contribution in [0.25, 0.3) is 0 Å². The van der Waals surface area contributed by atoms with Gasteiger partial charge in [0.2, 0.25) is 0 Å². The van der Waals surface area contributed by atoms with Crippen LogP contribution in [0, 0.1) is 5.82 Å². The molecular weight excluding hydrogens is 285 g/mol. The van der Waals surface area contributed by atoms with Crippen molar-refractivity contribution in [2.45, 2.75) is 19.4 Å². The van der Waals surface area contributed by atoms with Crippen molar-refractivity contribution in [3.05, 3.63) is 71.5 Å². The van der Waals surface area contributed by atoms with Crippen molar-refractivity contribution in [2.24, 2.45) is 5.16 Å². The molecule has 0 bridgehead atoms. The fraction of sp³-hybridized carbons (Fsp3) is 0.176. The highest BCUT2D eigenvalue weighted by Gasteiger charge is 2.14. The number of carbonyl (C=O) groups is 1. The SMILES string of the molecule is O=C(OCc1ccccc1)/C(CCc1ccc(F)cc1)=N\O. The molecule has 0 saturated carbocycles. The van der Waals surface area contributed by atoms with Gasteiger partial charge < -0.3 is 9.94 Å². The van der Waals surface area contributed by atoms with Crippen LogP contribution in [-0.2, 0) is 22.6 Å². The van der Waals surface area contributed by atoms with Gasteiger partial charge in [-0.1, -0.05) is 47.6 Å². The normalized spacial score (nSPS) is 11.2. The Labute approximate surface area is 127 Å². The van der Waals surface area contributed by atoms with Gasteiger partial charge in [-0.25, -0.2) is 9.18 Å². The lowest BCUT2D eigenvalue weighted by Crippen LogP contribution is -2.18. The maximum absolute atomic E-state index is 12.8. The first-order valence-electron chi connectivity index (χ1n) is 6.85. The molecule has 2 aromatic rings. The van der Waals surface area contributed by atoms with Crippen molar-refractivity contribution >= 4 is 11.7 Å². The summed E-state index contributed by atoms with van der Waals surface area (Å²) in [5.74, 6) is -0.976. The Morgan fingerprint density at radius 1 is 1.05 bits per heavy atom. The largest absolute Gasteiger partial charge is 0.456 e. The summed E-state index contributed by atoms with van der Waals surface area (Å²) in [5, 5.41) is 11.9. The van der Waals surface area contributed by atoms with Crippen LogP contribution in [-0.4, -0.2) is 16.9 Å². The summed E-state index contributed by atoms with van der Waals surface area (Å²) in [7, 11) is 0.